The van der Waals surface area contributed by atoms with Crippen LogP contribution in [0.15, 0.2) is 22.6 Å². The number of fused-ring (bicyclic) bond motifs is 3. The molecule has 23 heavy (non-hydrogen) atoms. The second kappa shape index (κ2) is 5.79. The molecule has 2 aromatic rings. The van der Waals surface area contributed by atoms with E-state index in [9.17, 15) is 9.59 Å². The number of thiophene rings is 1. The Morgan fingerprint density at radius 2 is 2.30 bits per heavy atom. The molecule has 0 bridgehead atoms. The van der Waals surface area contributed by atoms with Gasteiger partial charge in [-0.2, -0.15) is 0 Å². The third-order valence-corrected chi connectivity index (χ3v) is 6.66. The lowest BCUT2D eigenvalue weighted by Gasteiger charge is -2.12. The van der Waals surface area contributed by atoms with Gasteiger partial charge in [0.1, 0.15) is 10.1 Å². The van der Waals surface area contributed by atoms with E-state index in [1.54, 1.807) is 22.0 Å². The molecule has 2 aromatic heterocycles. The first-order valence-corrected chi connectivity index (χ1v) is 9.38. The Bertz CT molecular complexity index is 868. The second-order valence-electron chi connectivity index (χ2n) is 5.70. The lowest BCUT2D eigenvalue weighted by Crippen LogP contribution is -2.24. The normalized spacial score (nSPS) is 20.0. The van der Waals surface area contributed by atoms with Crippen LogP contribution in [0.4, 0.5) is 0 Å². The van der Waals surface area contributed by atoms with Crippen molar-refractivity contribution in [2.45, 2.75) is 42.6 Å². The Morgan fingerprint density at radius 1 is 1.43 bits per heavy atom. The van der Waals surface area contributed by atoms with Crippen LogP contribution in [0.3, 0.4) is 0 Å². The number of carbonyl (C=O) groups excluding carboxylic acids is 1. The highest BCUT2D eigenvalue weighted by Crippen LogP contribution is 2.36. The molecule has 2 aliphatic rings. The fraction of sp³-hybridized carbons (Fsp3) is 0.438. The molecule has 0 unspecified atom stereocenters. The first-order valence-electron chi connectivity index (χ1n) is 7.68. The van der Waals surface area contributed by atoms with Crippen LogP contribution < -0.4 is 5.56 Å². The molecule has 4 rings (SSSR count). The third-order valence-electron chi connectivity index (χ3n) is 4.24. The van der Waals surface area contributed by atoms with Crippen molar-refractivity contribution < 1.29 is 9.53 Å². The van der Waals surface area contributed by atoms with E-state index in [0.717, 1.165) is 29.5 Å². The number of thioether (sulfide) groups is 1. The second-order valence-corrected chi connectivity index (χ2v) is 7.95. The number of ether oxygens (including phenoxy) is 1. The first kappa shape index (κ1) is 15.0. The van der Waals surface area contributed by atoms with Crippen LogP contribution in [-0.4, -0.2) is 27.4 Å². The summed E-state index contributed by atoms with van der Waals surface area (Å²) < 4.78 is 6.65. The number of esters is 1. The van der Waals surface area contributed by atoms with Crippen molar-refractivity contribution in [2.75, 3.05) is 6.61 Å². The van der Waals surface area contributed by atoms with Crippen LogP contribution in [0.25, 0.3) is 10.2 Å². The molecule has 0 radical (unpaired) electrons. The van der Waals surface area contributed by atoms with Gasteiger partial charge in [-0.25, -0.2) is 4.98 Å². The predicted octanol–water partition coefficient (Wildman–Crippen LogP) is 2.54. The molecule has 1 fully saturated rings. The van der Waals surface area contributed by atoms with Gasteiger partial charge in [0.2, 0.25) is 0 Å². The third kappa shape index (κ3) is 2.42. The Morgan fingerprint density at radius 3 is 3.04 bits per heavy atom. The van der Waals surface area contributed by atoms with Crippen molar-refractivity contribution in [3.05, 3.63) is 33.4 Å². The van der Waals surface area contributed by atoms with E-state index in [1.807, 2.05) is 0 Å². The zero-order chi connectivity index (χ0) is 16.0. The maximum absolute atomic E-state index is 13.0. The average molecular weight is 348 g/mol. The number of cyclic esters (lactones) is 1. The minimum absolute atomic E-state index is 0.0110. The average Bonchev–Trinajstić information content (AvgIpc) is 3.20. The van der Waals surface area contributed by atoms with Gasteiger partial charge in [0.25, 0.3) is 5.56 Å². The van der Waals surface area contributed by atoms with E-state index in [0.29, 0.717) is 24.7 Å². The van der Waals surface area contributed by atoms with Gasteiger partial charge >= 0.3 is 5.97 Å². The summed E-state index contributed by atoms with van der Waals surface area (Å²) in [6.45, 7) is 4.58. The molecule has 0 saturated carbocycles. The maximum Gasteiger partial charge on any atom is 0.319 e. The van der Waals surface area contributed by atoms with Crippen molar-refractivity contribution in [2.24, 2.45) is 0 Å². The van der Waals surface area contributed by atoms with E-state index in [1.165, 1.54) is 22.2 Å². The number of carbonyl (C=O) groups is 1. The molecule has 120 valence electrons. The highest BCUT2D eigenvalue weighted by molar-refractivity contribution is 8.00. The lowest BCUT2D eigenvalue weighted by molar-refractivity contribution is -0.137. The van der Waals surface area contributed by atoms with Crippen molar-refractivity contribution in [1.82, 2.24) is 9.55 Å². The van der Waals surface area contributed by atoms with Gasteiger partial charge in [0.05, 0.1) is 12.0 Å². The van der Waals surface area contributed by atoms with Crippen LogP contribution in [0.1, 0.15) is 23.3 Å². The van der Waals surface area contributed by atoms with Gasteiger partial charge < -0.3 is 4.74 Å². The molecular weight excluding hydrogens is 332 g/mol. The SMILES string of the molecule is C=CCn1c(S[C@H]2CCOC2=O)nc2sc3c(c2c1=O)CCC3. The molecule has 1 atom stereocenters. The number of aryl methyl sites for hydroxylation is 2. The van der Waals surface area contributed by atoms with Gasteiger partial charge in [-0.1, -0.05) is 17.8 Å². The number of allylic oxidation sites excluding steroid dienone is 1. The fourth-order valence-electron chi connectivity index (χ4n) is 3.15. The molecule has 3 heterocycles. The Balaban J connectivity index is 1.85. The summed E-state index contributed by atoms with van der Waals surface area (Å²) in [5.41, 5.74) is 1.17. The summed E-state index contributed by atoms with van der Waals surface area (Å²) in [6.07, 6.45) is 5.46. The Kier molecular flexibility index (Phi) is 3.77. The zero-order valence-corrected chi connectivity index (χ0v) is 14.2. The summed E-state index contributed by atoms with van der Waals surface area (Å²) in [5, 5.41) is 1.08. The largest absolute Gasteiger partial charge is 0.465 e. The van der Waals surface area contributed by atoms with Gasteiger partial charge in [-0.05, 0) is 24.8 Å². The van der Waals surface area contributed by atoms with Crippen LogP contribution in [-0.2, 0) is 28.9 Å². The minimum atomic E-state index is -0.276. The lowest BCUT2D eigenvalue weighted by atomic mass is 10.2. The number of aromatic nitrogens is 2. The van der Waals surface area contributed by atoms with Gasteiger partial charge in [-0.3, -0.25) is 14.2 Å². The maximum atomic E-state index is 13.0. The molecule has 1 aliphatic carbocycles. The molecule has 5 nitrogen and oxygen atoms in total. The van der Waals surface area contributed by atoms with Crippen LogP contribution in [0.5, 0.6) is 0 Å². The van der Waals surface area contributed by atoms with Crippen LogP contribution >= 0.6 is 23.1 Å². The summed E-state index contributed by atoms with van der Waals surface area (Å²) in [4.78, 5) is 31.5. The molecule has 0 amide bonds. The summed E-state index contributed by atoms with van der Waals surface area (Å²) in [7, 11) is 0. The van der Waals surface area contributed by atoms with E-state index in [4.69, 9.17) is 9.72 Å². The van der Waals surface area contributed by atoms with Gasteiger partial charge in [-0.15, -0.1) is 17.9 Å². The Hall–Kier alpha value is -1.60. The highest BCUT2D eigenvalue weighted by atomic mass is 32.2. The summed E-state index contributed by atoms with van der Waals surface area (Å²) in [5.74, 6) is -0.219. The van der Waals surface area contributed by atoms with Crippen LogP contribution in [0, 0.1) is 0 Å². The molecule has 1 aliphatic heterocycles. The first-order chi connectivity index (χ1) is 11.2. The Labute approximate surface area is 141 Å². The monoisotopic (exact) mass is 348 g/mol. The number of nitrogens with zero attached hydrogens (tertiary/aromatic N) is 2. The van der Waals surface area contributed by atoms with Crippen molar-refractivity contribution in [1.29, 1.82) is 0 Å². The standard InChI is InChI=1S/C16H16N2O3S2/c1-2-7-18-14(19)12-9-4-3-5-10(9)22-13(12)17-16(18)23-11-6-8-21-15(11)20/h2,11H,1,3-8H2/t11-/m0/s1. The van der Waals surface area contributed by atoms with E-state index in [-0.39, 0.29) is 16.8 Å². The predicted molar refractivity (Wildman–Crippen MR) is 91.3 cm³/mol. The molecule has 7 heteroatoms. The molecular formula is C16H16N2O3S2. The molecule has 0 N–H and O–H groups in total. The summed E-state index contributed by atoms with van der Waals surface area (Å²) >= 11 is 2.95. The van der Waals surface area contributed by atoms with Gasteiger partial charge in [0.15, 0.2) is 5.16 Å². The molecule has 0 aromatic carbocycles. The van der Waals surface area contributed by atoms with Crippen molar-refractivity contribution >= 4 is 39.3 Å². The van der Waals surface area contributed by atoms with Crippen LogP contribution in [0.2, 0.25) is 0 Å². The molecule has 0 spiro atoms. The minimum Gasteiger partial charge on any atom is -0.465 e. The number of hydrogen-bond acceptors (Lipinski definition) is 6. The van der Waals surface area contributed by atoms with E-state index >= 15 is 0 Å². The number of hydrogen-bond donors (Lipinski definition) is 0. The van der Waals surface area contributed by atoms with Crippen molar-refractivity contribution in [3.8, 4) is 0 Å². The smallest absolute Gasteiger partial charge is 0.319 e. The van der Waals surface area contributed by atoms with E-state index < -0.39 is 0 Å². The summed E-state index contributed by atoms with van der Waals surface area (Å²) in [6, 6.07) is 0. The van der Waals surface area contributed by atoms with Crippen molar-refractivity contribution in [3.63, 3.8) is 0 Å². The van der Waals surface area contributed by atoms with Gasteiger partial charge in [0, 0.05) is 17.8 Å². The highest BCUT2D eigenvalue weighted by Gasteiger charge is 2.30. The topological polar surface area (TPSA) is 61.2 Å². The van der Waals surface area contributed by atoms with E-state index in [2.05, 4.69) is 6.58 Å². The fourth-order valence-corrected chi connectivity index (χ4v) is 5.52. The zero-order valence-electron chi connectivity index (χ0n) is 12.5. The molecule has 1 saturated heterocycles. The number of rotatable bonds is 4. The quantitative estimate of drug-likeness (QED) is 0.483.